The zero-order chi connectivity index (χ0) is 13.5. The van der Waals surface area contributed by atoms with E-state index in [1.807, 2.05) is 25.1 Å². The first-order chi connectivity index (χ1) is 8.52. The molecule has 1 aromatic rings. The molecule has 0 aliphatic rings. The summed E-state index contributed by atoms with van der Waals surface area (Å²) in [6.45, 7) is 4.04. The maximum Gasteiger partial charge on any atom is 0.306 e. The van der Waals surface area contributed by atoms with Crippen LogP contribution in [0.3, 0.4) is 0 Å². The Morgan fingerprint density at radius 1 is 1.33 bits per heavy atom. The van der Waals surface area contributed by atoms with Crippen molar-refractivity contribution in [3.05, 3.63) is 28.2 Å². The minimum Gasteiger partial charge on any atom is -0.466 e. The zero-order valence-electron chi connectivity index (χ0n) is 10.5. The summed E-state index contributed by atoms with van der Waals surface area (Å²) >= 11 is 3.37. The van der Waals surface area contributed by atoms with Gasteiger partial charge >= 0.3 is 5.97 Å². The van der Waals surface area contributed by atoms with E-state index in [2.05, 4.69) is 21.2 Å². The summed E-state index contributed by atoms with van der Waals surface area (Å²) in [5.74, 6) is -0.553. The molecule has 0 aromatic heterocycles. The van der Waals surface area contributed by atoms with Crippen LogP contribution in [-0.4, -0.2) is 18.5 Å². The average molecular weight is 314 g/mol. The number of esters is 1. The molecule has 0 atom stereocenters. The molecule has 0 radical (unpaired) electrons. The Morgan fingerprint density at radius 3 is 2.67 bits per heavy atom. The highest BCUT2D eigenvalue weighted by Gasteiger charge is 2.09. The SMILES string of the molecule is CCOC(=O)CCC(=O)Nc1ccc(C)cc1Br. The first-order valence-electron chi connectivity index (χ1n) is 5.74. The van der Waals surface area contributed by atoms with Crippen molar-refractivity contribution in [3.63, 3.8) is 0 Å². The molecule has 1 N–H and O–H groups in total. The third-order valence-corrected chi connectivity index (χ3v) is 2.92. The van der Waals surface area contributed by atoms with Gasteiger partial charge in [-0.15, -0.1) is 0 Å². The van der Waals surface area contributed by atoms with Crippen LogP contribution in [0.1, 0.15) is 25.3 Å². The molecule has 4 nitrogen and oxygen atoms in total. The van der Waals surface area contributed by atoms with E-state index in [1.165, 1.54) is 0 Å². The highest BCUT2D eigenvalue weighted by Crippen LogP contribution is 2.23. The smallest absolute Gasteiger partial charge is 0.306 e. The lowest BCUT2D eigenvalue weighted by molar-refractivity contribution is -0.144. The van der Waals surface area contributed by atoms with E-state index >= 15 is 0 Å². The number of benzene rings is 1. The van der Waals surface area contributed by atoms with Crippen LogP contribution in [0.4, 0.5) is 5.69 Å². The van der Waals surface area contributed by atoms with E-state index in [4.69, 9.17) is 4.74 Å². The van der Waals surface area contributed by atoms with Crippen molar-refractivity contribution in [2.45, 2.75) is 26.7 Å². The number of amides is 1. The van der Waals surface area contributed by atoms with Crippen LogP contribution < -0.4 is 5.32 Å². The molecule has 0 saturated heterocycles. The first kappa shape index (κ1) is 14.7. The second kappa shape index (κ2) is 7.16. The average Bonchev–Trinajstić information content (AvgIpc) is 2.31. The van der Waals surface area contributed by atoms with Crippen molar-refractivity contribution in [2.75, 3.05) is 11.9 Å². The second-order valence-corrected chi connectivity index (χ2v) is 4.69. The largest absolute Gasteiger partial charge is 0.466 e. The highest BCUT2D eigenvalue weighted by atomic mass is 79.9. The summed E-state index contributed by atoms with van der Waals surface area (Å²) < 4.78 is 5.58. The van der Waals surface area contributed by atoms with Gasteiger partial charge in [0.05, 0.1) is 18.7 Å². The van der Waals surface area contributed by atoms with Gasteiger partial charge in [-0.25, -0.2) is 0 Å². The number of aryl methyl sites for hydroxylation is 1. The molecule has 0 saturated carbocycles. The fraction of sp³-hybridized carbons (Fsp3) is 0.385. The molecular formula is C13H16BrNO3. The molecule has 0 aliphatic carbocycles. The Bertz CT molecular complexity index is 446. The van der Waals surface area contributed by atoms with Crippen LogP contribution in [0.2, 0.25) is 0 Å². The van der Waals surface area contributed by atoms with E-state index in [0.29, 0.717) is 12.3 Å². The third kappa shape index (κ3) is 4.87. The van der Waals surface area contributed by atoms with Crippen LogP contribution in [0.15, 0.2) is 22.7 Å². The summed E-state index contributed by atoms with van der Waals surface area (Å²) in [4.78, 5) is 22.7. The quantitative estimate of drug-likeness (QED) is 0.850. The van der Waals surface area contributed by atoms with Gasteiger partial charge in [0.25, 0.3) is 0 Å². The van der Waals surface area contributed by atoms with E-state index < -0.39 is 0 Å². The molecule has 0 bridgehead atoms. The Kier molecular flexibility index (Phi) is 5.85. The Labute approximate surface area is 115 Å². The van der Waals surface area contributed by atoms with Crippen molar-refractivity contribution in [2.24, 2.45) is 0 Å². The summed E-state index contributed by atoms with van der Waals surface area (Å²) in [5, 5.41) is 2.74. The van der Waals surface area contributed by atoms with Crippen LogP contribution in [0.25, 0.3) is 0 Å². The van der Waals surface area contributed by atoms with Crippen molar-refractivity contribution in [1.82, 2.24) is 0 Å². The number of hydrogen-bond acceptors (Lipinski definition) is 3. The molecule has 98 valence electrons. The number of nitrogens with one attached hydrogen (secondary N) is 1. The number of halogens is 1. The molecule has 0 unspecified atom stereocenters. The molecule has 5 heteroatoms. The van der Waals surface area contributed by atoms with Gasteiger partial charge in [-0.3, -0.25) is 9.59 Å². The molecule has 1 rings (SSSR count). The number of carbonyl (C=O) groups excluding carboxylic acids is 2. The minimum atomic E-state index is -0.351. The number of rotatable bonds is 5. The predicted octanol–water partition coefficient (Wildman–Crippen LogP) is 3.04. The molecule has 0 heterocycles. The van der Waals surface area contributed by atoms with Crippen molar-refractivity contribution < 1.29 is 14.3 Å². The molecule has 1 aromatic carbocycles. The van der Waals surface area contributed by atoms with Gasteiger partial charge in [-0.2, -0.15) is 0 Å². The maximum absolute atomic E-state index is 11.6. The normalized spacial score (nSPS) is 9.94. The number of hydrogen-bond donors (Lipinski definition) is 1. The van der Waals surface area contributed by atoms with Gasteiger partial charge in [-0.1, -0.05) is 6.07 Å². The molecule has 0 aliphatic heterocycles. The Balaban J connectivity index is 2.47. The Morgan fingerprint density at radius 2 is 2.06 bits per heavy atom. The number of carbonyl (C=O) groups is 2. The molecule has 18 heavy (non-hydrogen) atoms. The van der Waals surface area contributed by atoms with E-state index in [9.17, 15) is 9.59 Å². The lowest BCUT2D eigenvalue weighted by Crippen LogP contribution is -2.14. The topological polar surface area (TPSA) is 55.4 Å². The van der Waals surface area contributed by atoms with Crippen LogP contribution >= 0.6 is 15.9 Å². The van der Waals surface area contributed by atoms with Gasteiger partial charge in [0.1, 0.15) is 0 Å². The Hall–Kier alpha value is -1.36. The van der Waals surface area contributed by atoms with Gasteiger partial charge in [0.15, 0.2) is 0 Å². The molecular weight excluding hydrogens is 298 g/mol. The van der Waals surface area contributed by atoms with Crippen LogP contribution in [-0.2, 0) is 14.3 Å². The monoisotopic (exact) mass is 313 g/mol. The summed E-state index contributed by atoms with van der Waals surface area (Å²) in [5.41, 5.74) is 1.81. The fourth-order valence-electron chi connectivity index (χ4n) is 1.38. The van der Waals surface area contributed by atoms with Crippen molar-refractivity contribution in [3.8, 4) is 0 Å². The summed E-state index contributed by atoms with van der Waals surface area (Å²) in [6.07, 6.45) is 0.225. The lowest BCUT2D eigenvalue weighted by Gasteiger charge is -2.08. The number of ether oxygens (including phenoxy) is 1. The standard InChI is InChI=1S/C13H16BrNO3/c1-3-18-13(17)7-6-12(16)15-11-5-4-9(2)8-10(11)14/h4-5,8H,3,6-7H2,1-2H3,(H,15,16). The van der Waals surface area contributed by atoms with E-state index in [-0.39, 0.29) is 24.7 Å². The highest BCUT2D eigenvalue weighted by molar-refractivity contribution is 9.10. The maximum atomic E-state index is 11.6. The van der Waals surface area contributed by atoms with Gasteiger partial charge in [0.2, 0.25) is 5.91 Å². The van der Waals surface area contributed by atoms with Gasteiger partial charge < -0.3 is 10.1 Å². The zero-order valence-corrected chi connectivity index (χ0v) is 12.0. The van der Waals surface area contributed by atoms with Crippen molar-refractivity contribution >= 4 is 33.5 Å². The first-order valence-corrected chi connectivity index (χ1v) is 6.54. The third-order valence-electron chi connectivity index (χ3n) is 2.26. The predicted molar refractivity (Wildman–Crippen MR) is 73.4 cm³/mol. The minimum absolute atomic E-state index is 0.100. The van der Waals surface area contributed by atoms with E-state index in [1.54, 1.807) is 6.92 Å². The molecule has 1 amide bonds. The molecule has 0 fully saturated rings. The second-order valence-electron chi connectivity index (χ2n) is 3.84. The van der Waals surface area contributed by atoms with Crippen molar-refractivity contribution in [1.29, 1.82) is 0 Å². The van der Waals surface area contributed by atoms with Crippen LogP contribution in [0, 0.1) is 6.92 Å². The van der Waals surface area contributed by atoms with E-state index in [0.717, 1.165) is 10.0 Å². The summed E-state index contributed by atoms with van der Waals surface area (Å²) in [6, 6.07) is 5.65. The van der Waals surface area contributed by atoms with Crippen LogP contribution in [0.5, 0.6) is 0 Å². The number of anilines is 1. The summed E-state index contributed by atoms with van der Waals surface area (Å²) in [7, 11) is 0. The molecule has 0 spiro atoms. The van der Waals surface area contributed by atoms with Gasteiger partial charge in [0, 0.05) is 10.9 Å². The fourth-order valence-corrected chi connectivity index (χ4v) is 1.98. The van der Waals surface area contributed by atoms with Gasteiger partial charge in [-0.05, 0) is 47.5 Å². The lowest BCUT2D eigenvalue weighted by atomic mass is 10.2.